The van der Waals surface area contributed by atoms with Gasteiger partial charge in [0.15, 0.2) is 11.4 Å². The highest BCUT2D eigenvalue weighted by Crippen LogP contribution is 2.27. The van der Waals surface area contributed by atoms with Gasteiger partial charge in [-0.2, -0.15) is 0 Å². The second kappa shape index (κ2) is 3.49. The molecule has 0 amide bonds. The molecule has 2 heterocycles. The van der Waals surface area contributed by atoms with E-state index in [1.54, 1.807) is 20.8 Å². The van der Waals surface area contributed by atoms with Gasteiger partial charge in [-0.05, 0) is 20.8 Å². The molecule has 0 atom stereocenters. The summed E-state index contributed by atoms with van der Waals surface area (Å²) in [5.74, 6) is -0.0484. The zero-order valence-corrected chi connectivity index (χ0v) is 9.96. The van der Waals surface area contributed by atoms with Crippen molar-refractivity contribution >= 4 is 17.2 Å². The summed E-state index contributed by atoms with van der Waals surface area (Å²) in [5.41, 5.74) is 1.73. The summed E-state index contributed by atoms with van der Waals surface area (Å²) >= 11 is 5.91. The summed E-state index contributed by atoms with van der Waals surface area (Å²) in [6, 6.07) is 0. The number of pyridine rings is 1. The predicted molar refractivity (Wildman–Crippen MR) is 62.3 cm³/mol. The van der Waals surface area contributed by atoms with Crippen LogP contribution in [-0.2, 0) is 0 Å². The smallest absolute Gasteiger partial charge is 0.261 e. The van der Waals surface area contributed by atoms with Crippen LogP contribution in [0.5, 0.6) is 5.75 Å². The van der Waals surface area contributed by atoms with Crippen molar-refractivity contribution in [1.82, 2.24) is 9.38 Å². The highest BCUT2D eigenvalue weighted by Gasteiger charge is 2.13. The van der Waals surface area contributed by atoms with Crippen LogP contribution >= 0.6 is 11.6 Å². The van der Waals surface area contributed by atoms with Gasteiger partial charge in [-0.1, -0.05) is 11.6 Å². The van der Waals surface area contributed by atoms with Crippen molar-refractivity contribution in [3.05, 3.63) is 38.4 Å². The molecule has 0 bridgehead atoms. The summed E-state index contributed by atoms with van der Waals surface area (Å²) in [5, 5.41) is 10.2. The van der Waals surface area contributed by atoms with Crippen molar-refractivity contribution in [2.45, 2.75) is 20.8 Å². The number of aryl methyl sites for hydroxylation is 1. The molecule has 0 saturated heterocycles. The Labute approximate surface area is 97.1 Å². The van der Waals surface area contributed by atoms with Gasteiger partial charge in [-0.3, -0.25) is 9.20 Å². The lowest BCUT2D eigenvalue weighted by Gasteiger charge is -2.09. The monoisotopic (exact) mass is 238 g/mol. The maximum atomic E-state index is 11.9. The summed E-state index contributed by atoms with van der Waals surface area (Å²) in [7, 11) is 0. The predicted octanol–water partition coefficient (Wildman–Crippen LogP) is 1.98. The zero-order chi connectivity index (χ0) is 12.0. The molecule has 0 spiro atoms. The molecule has 1 N–H and O–H groups in total. The minimum atomic E-state index is -0.209. The Morgan fingerprint density at radius 1 is 1.31 bits per heavy atom. The van der Waals surface area contributed by atoms with Crippen LogP contribution < -0.4 is 5.56 Å². The highest BCUT2D eigenvalue weighted by molar-refractivity contribution is 6.31. The molecule has 16 heavy (non-hydrogen) atoms. The fourth-order valence-corrected chi connectivity index (χ4v) is 1.69. The summed E-state index contributed by atoms with van der Waals surface area (Å²) in [6.45, 7) is 5.11. The van der Waals surface area contributed by atoms with E-state index in [2.05, 4.69) is 4.98 Å². The second-order valence-electron chi connectivity index (χ2n) is 3.77. The van der Waals surface area contributed by atoms with E-state index in [1.165, 1.54) is 10.6 Å². The Hall–Kier alpha value is -1.55. The number of aromatic nitrogens is 2. The van der Waals surface area contributed by atoms with Gasteiger partial charge in [0.25, 0.3) is 5.56 Å². The lowest BCUT2D eigenvalue weighted by Crippen LogP contribution is -2.19. The van der Waals surface area contributed by atoms with Crippen LogP contribution in [0.3, 0.4) is 0 Å². The fourth-order valence-electron chi connectivity index (χ4n) is 1.51. The topological polar surface area (TPSA) is 54.6 Å². The van der Waals surface area contributed by atoms with Gasteiger partial charge in [0.05, 0.1) is 5.02 Å². The van der Waals surface area contributed by atoms with Crippen LogP contribution in [0, 0.1) is 20.8 Å². The Morgan fingerprint density at radius 3 is 2.56 bits per heavy atom. The number of nitrogens with zero attached hydrogens (tertiary/aromatic N) is 2. The summed E-state index contributed by atoms with van der Waals surface area (Å²) < 4.78 is 1.27. The molecular formula is C11H11ClN2O2. The Kier molecular flexibility index (Phi) is 2.39. The number of halogens is 1. The van der Waals surface area contributed by atoms with E-state index in [9.17, 15) is 9.90 Å². The molecule has 0 unspecified atom stereocenters. The van der Waals surface area contributed by atoms with Crippen molar-refractivity contribution in [1.29, 1.82) is 0 Å². The van der Waals surface area contributed by atoms with Gasteiger partial charge in [-0.15, -0.1) is 0 Å². The van der Waals surface area contributed by atoms with Crippen LogP contribution in [0.4, 0.5) is 0 Å². The molecule has 0 aliphatic rings. The van der Waals surface area contributed by atoms with E-state index >= 15 is 0 Å². The molecule has 4 nitrogen and oxygen atoms in total. The van der Waals surface area contributed by atoms with Crippen LogP contribution in [0.15, 0.2) is 11.0 Å². The summed E-state index contributed by atoms with van der Waals surface area (Å²) in [6.07, 6.45) is 1.48. The van der Waals surface area contributed by atoms with Crippen LogP contribution in [-0.4, -0.2) is 14.5 Å². The molecule has 0 fully saturated rings. The number of hydrogen-bond acceptors (Lipinski definition) is 3. The molecule has 2 rings (SSSR count). The Balaban J connectivity index is 3.09. The molecular weight excluding hydrogens is 228 g/mol. The molecule has 5 heteroatoms. The molecule has 0 saturated carbocycles. The molecule has 84 valence electrons. The average molecular weight is 239 g/mol. The molecule has 0 aliphatic heterocycles. The summed E-state index contributed by atoms with van der Waals surface area (Å²) in [4.78, 5) is 16.1. The van der Waals surface area contributed by atoms with Gasteiger partial charge in [0, 0.05) is 23.0 Å². The second-order valence-corrected chi connectivity index (χ2v) is 4.18. The van der Waals surface area contributed by atoms with Crippen LogP contribution in [0.1, 0.15) is 16.8 Å². The Morgan fingerprint density at radius 2 is 1.94 bits per heavy atom. The first kappa shape index (κ1) is 11.0. The molecule has 2 aromatic heterocycles. The van der Waals surface area contributed by atoms with E-state index in [0.717, 1.165) is 0 Å². The minimum absolute atomic E-state index is 0.0484. The maximum absolute atomic E-state index is 11.9. The lowest BCUT2D eigenvalue weighted by molar-refractivity contribution is 0.472. The van der Waals surface area contributed by atoms with Crippen molar-refractivity contribution in [3.8, 4) is 5.75 Å². The van der Waals surface area contributed by atoms with Gasteiger partial charge in [0.2, 0.25) is 0 Å². The van der Waals surface area contributed by atoms with E-state index in [-0.39, 0.29) is 17.0 Å². The van der Waals surface area contributed by atoms with Gasteiger partial charge >= 0.3 is 0 Å². The number of aromatic hydroxyl groups is 1. The third kappa shape index (κ3) is 1.38. The van der Waals surface area contributed by atoms with E-state index in [0.29, 0.717) is 21.8 Å². The lowest BCUT2D eigenvalue weighted by atomic mass is 10.2. The number of hydrogen-bond donors (Lipinski definition) is 1. The molecule has 2 aromatic rings. The van der Waals surface area contributed by atoms with Gasteiger partial charge < -0.3 is 5.11 Å². The minimum Gasteiger partial charge on any atom is -0.504 e. The quantitative estimate of drug-likeness (QED) is 0.764. The SMILES string of the molecule is Cc1nc2c(O)c(C)c(Cl)cn2c(=O)c1C. The van der Waals surface area contributed by atoms with E-state index in [4.69, 9.17) is 11.6 Å². The fraction of sp³-hybridized carbons (Fsp3) is 0.273. The van der Waals surface area contributed by atoms with Crippen LogP contribution in [0.2, 0.25) is 5.02 Å². The van der Waals surface area contributed by atoms with Crippen molar-refractivity contribution in [2.24, 2.45) is 0 Å². The van der Waals surface area contributed by atoms with Crippen LogP contribution in [0.25, 0.3) is 5.65 Å². The highest BCUT2D eigenvalue weighted by atomic mass is 35.5. The first-order valence-electron chi connectivity index (χ1n) is 4.81. The normalized spacial score (nSPS) is 11.0. The molecule has 0 aliphatic carbocycles. The zero-order valence-electron chi connectivity index (χ0n) is 9.21. The van der Waals surface area contributed by atoms with Crippen molar-refractivity contribution < 1.29 is 5.11 Å². The Bertz CT molecular complexity index is 647. The number of rotatable bonds is 0. The maximum Gasteiger partial charge on any atom is 0.261 e. The number of fused-ring (bicyclic) bond motifs is 1. The van der Waals surface area contributed by atoms with E-state index < -0.39 is 0 Å². The molecule has 0 aromatic carbocycles. The van der Waals surface area contributed by atoms with Crippen molar-refractivity contribution in [2.75, 3.05) is 0 Å². The van der Waals surface area contributed by atoms with E-state index in [1.807, 2.05) is 0 Å². The third-order valence-electron chi connectivity index (χ3n) is 2.75. The molecule has 0 radical (unpaired) electrons. The first-order valence-corrected chi connectivity index (χ1v) is 5.19. The first-order chi connectivity index (χ1) is 7.43. The van der Waals surface area contributed by atoms with Gasteiger partial charge in [0.1, 0.15) is 0 Å². The third-order valence-corrected chi connectivity index (χ3v) is 3.13. The van der Waals surface area contributed by atoms with Gasteiger partial charge in [-0.25, -0.2) is 4.98 Å². The average Bonchev–Trinajstić information content (AvgIpc) is 2.25. The largest absolute Gasteiger partial charge is 0.504 e. The standard InChI is InChI=1S/C11H11ClN2O2/c1-5-7(3)13-10-9(15)6(2)8(12)4-14(10)11(5)16/h4,15H,1-3H3. The van der Waals surface area contributed by atoms with Crippen molar-refractivity contribution in [3.63, 3.8) is 0 Å².